The van der Waals surface area contributed by atoms with Gasteiger partial charge in [0.05, 0.1) is 24.4 Å². The Kier molecular flexibility index (Phi) is 6.34. The summed E-state index contributed by atoms with van der Waals surface area (Å²) >= 11 is 5.67. The van der Waals surface area contributed by atoms with Crippen LogP contribution in [0.3, 0.4) is 0 Å². The second-order valence-electron chi connectivity index (χ2n) is 6.19. The van der Waals surface area contributed by atoms with E-state index in [1.165, 1.54) is 4.90 Å². The summed E-state index contributed by atoms with van der Waals surface area (Å²) in [6.45, 7) is 0.428. The lowest BCUT2D eigenvalue weighted by Gasteiger charge is -2.24. The number of rotatable bonds is 6. The average Bonchev–Trinajstić information content (AvgIpc) is 3.00. The first-order valence-corrected chi connectivity index (χ1v) is 8.34. The number of ketones is 1. The van der Waals surface area contributed by atoms with Crippen LogP contribution in [0, 0.1) is 5.92 Å². The van der Waals surface area contributed by atoms with Crippen LogP contribution in [-0.2, 0) is 14.4 Å². The zero-order valence-corrected chi connectivity index (χ0v) is 14.6. The molecule has 1 N–H and O–H groups in total. The monoisotopic (exact) mass is 351 g/mol. The number of amides is 2. The van der Waals surface area contributed by atoms with Gasteiger partial charge in [0, 0.05) is 12.2 Å². The quantitative estimate of drug-likeness (QED) is 0.782. The van der Waals surface area contributed by atoms with Gasteiger partial charge in [0.15, 0.2) is 5.78 Å². The molecule has 2 amide bonds. The number of benzene rings is 1. The predicted molar refractivity (Wildman–Crippen MR) is 93.0 cm³/mol. The van der Waals surface area contributed by atoms with Gasteiger partial charge >= 0.3 is 0 Å². The number of hydrogen-bond acceptors (Lipinski definition) is 4. The van der Waals surface area contributed by atoms with E-state index in [0.29, 0.717) is 12.1 Å². The molecule has 0 bridgehead atoms. The molecule has 1 heterocycles. The molecule has 1 aromatic carbocycles. The fraction of sp³-hybridized carbons (Fsp3) is 0.471. The van der Waals surface area contributed by atoms with Gasteiger partial charge in [-0.2, -0.15) is 0 Å². The maximum absolute atomic E-state index is 12.5. The van der Waals surface area contributed by atoms with Crippen LogP contribution in [0.1, 0.15) is 6.42 Å². The Hall–Kier alpha value is -1.92. The van der Waals surface area contributed by atoms with Crippen LogP contribution >= 0.6 is 11.6 Å². The number of nitrogens with zero attached hydrogens (tertiary/aromatic N) is 2. The number of para-hydroxylation sites is 1. The molecule has 130 valence electrons. The van der Waals surface area contributed by atoms with Crippen molar-refractivity contribution in [2.45, 2.75) is 12.5 Å². The number of carbonyl (C=O) groups is 3. The molecule has 1 aliphatic rings. The maximum atomic E-state index is 12.5. The van der Waals surface area contributed by atoms with Crippen LogP contribution in [0.25, 0.3) is 0 Å². The minimum Gasteiger partial charge on any atom is -0.331 e. The summed E-state index contributed by atoms with van der Waals surface area (Å²) in [5, 5.41) is 2.83. The summed E-state index contributed by atoms with van der Waals surface area (Å²) in [4.78, 5) is 40.1. The Morgan fingerprint density at radius 2 is 1.92 bits per heavy atom. The smallest absolute Gasteiger partial charge is 0.237 e. The van der Waals surface area contributed by atoms with E-state index < -0.39 is 12.0 Å². The third-order valence-corrected chi connectivity index (χ3v) is 4.25. The third kappa shape index (κ3) is 4.55. The normalized spacial score (nSPS) is 20.2. The Bertz CT molecular complexity index is 606. The lowest BCUT2D eigenvalue weighted by molar-refractivity contribution is -0.137. The molecule has 0 radical (unpaired) electrons. The van der Waals surface area contributed by atoms with Gasteiger partial charge in [0.1, 0.15) is 0 Å². The van der Waals surface area contributed by atoms with Gasteiger partial charge in [-0.1, -0.05) is 18.2 Å². The molecule has 1 aliphatic heterocycles. The van der Waals surface area contributed by atoms with Crippen LogP contribution in [-0.4, -0.2) is 66.5 Å². The van der Waals surface area contributed by atoms with Gasteiger partial charge in [-0.15, -0.1) is 11.6 Å². The van der Waals surface area contributed by atoms with Crippen molar-refractivity contribution in [3.8, 4) is 0 Å². The van der Waals surface area contributed by atoms with Crippen molar-refractivity contribution in [1.29, 1.82) is 0 Å². The molecule has 0 spiro atoms. The number of nitrogens with one attached hydrogen (secondary N) is 1. The molecule has 2 atom stereocenters. The zero-order valence-electron chi connectivity index (χ0n) is 13.9. The molecule has 1 aromatic rings. The van der Waals surface area contributed by atoms with E-state index in [-0.39, 0.29) is 36.6 Å². The summed E-state index contributed by atoms with van der Waals surface area (Å²) in [5.74, 6) is -1.16. The molecule has 6 nitrogen and oxygen atoms in total. The van der Waals surface area contributed by atoms with Gasteiger partial charge in [0.2, 0.25) is 11.8 Å². The second-order valence-corrected chi connectivity index (χ2v) is 6.45. The first-order chi connectivity index (χ1) is 11.4. The van der Waals surface area contributed by atoms with Crippen molar-refractivity contribution in [2.24, 2.45) is 5.92 Å². The Morgan fingerprint density at radius 3 is 2.50 bits per heavy atom. The van der Waals surface area contributed by atoms with Crippen molar-refractivity contribution >= 4 is 34.9 Å². The molecular weight excluding hydrogens is 330 g/mol. The highest BCUT2D eigenvalue weighted by atomic mass is 35.5. The average molecular weight is 352 g/mol. The largest absolute Gasteiger partial charge is 0.331 e. The molecule has 1 fully saturated rings. The van der Waals surface area contributed by atoms with Gasteiger partial charge in [0.25, 0.3) is 0 Å². The highest BCUT2D eigenvalue weighted by Crippen LogP contribution is 2.26. The number of Topliss-reactive ketones (excluding diaryl/α,β-unsaturated/α-hetero) is 1. The van der Waals surface area contributed by atoms with E-state index >= 15 is 0 Å². The first kappa shape index (κ1) is 18.4. The first-order valence-electron chi connectivity index (χ1n) is 7.81. The number of halogens is 1. The standard InChI is InChI=1S/C17H22ClN3O3/c1-20(2)11-16(23)21-10-12(8-14(21)15(22)9-18)17(24)19-13-6-4-3-5-7-13/h3-7,12,14H,8-11H2,1-2H3,(H,19,24). The predicted octanol–water partition coefficient (Wildman–Crippen LogP) is 1.21. The molecule has 1 saturated heterocycles. The van der Waals surface area contributed by atoms with Crippen LogP contribution in [0.5, 0.6) is 0 Å². The fourth-order valence-electron chi connectivity index (χ4n) is 2.82. The van der Waals surface area contributed by atoms with Crippen molar-refractivity contribution in [3.63, 3.8) is 0 Å². The third-order valence-electron chi connectivity index (χ3n) is 3.99. The van der Waals surface area contributed by atoms with E-state index in [0.717, 1.165) is 0 Å². The SMILES string of the molecule is CN(C)CC(=O)N1CC(C(=O)Nc2ccccc2)CC1C(=O)CCl. The minimum atomic E-state index is -0.624. The van der Waals surface area contributed by atoms with Crippen molar-refractivity contribution in [3.05, 3.63) is 30.3 Å². The second kappa shape index (κ2) is 8.26. The number of anilines is 1. The summed E-state index contributed by atoms with van der Waals surface area (Å²) in [7, 11) is 3.57. The van der Waals surface area contributed by atoms with Crippen LogP contribution in [0.4, 0.5) is 5.69 Å². The molecule has 0 aliphatic carbocycles. The van der Waals surface area contributed by atoms with Crippen molar-refractivity contribution < 1.29 is 14.4 Å². The molecule has 0 aromatic heterocycles. The number of likely N-dealkylation sites (tertiary alicyclic amines) is 1. The number of carbonyl (C=O) groups excluding carboxylic acids is 3. The van der Waals surface area contributed by atoms with Gasteiger partial charge in [-0.05, 0) is 32.6 Å². The highest BCUT2D eigenvalue weighted by molar-refractivity contribution is 6.28. The molecular formula is C17H22ClN3O3. The van der Waals surface area contributed by atoms with Crippen LogP contribution in [0.2, 0.25) is 0 Å². The lowest BCUT2D eigenvalue weighted by Crippen LogP contribution is -2.44. The number of likely N-dealkylation sites (N-methyl/N-ethyl adjacent to an activating group) is 1. The molecule has 0 saturated carbocycles. The fourth-order valence-corrected chi connectivity index (χ4v) is 3.00. The number of hydrogen-bond donors (Lipinski definition) is 1. The van der Waals surface area contributed by atoms with E-state index in [9.17, 15) is 14.4 Å². The van der Waals surface area contributed by atoms with Crippen molar-refractivity contribution in [1.82, 2.24) is 9.80 Å². The van der Waals surface area contributed by atoms with Gasteiger partial charge < -0.3 is 15.1 Å². The van der Waals surface area contributed by atoms with E-state index in [2.05, 4.69) is 5.32 Å². The van der Waals surface area contributed by atoms with E-state index in [1.54, 1.807) is 31.1 Å². The minimum absolute atomic E-state index is 0.163. The summed E-state index contributed by atoms with van der Waals surface area (Å²) in [5.41, 5.74) is 0.695. The van der Waals surface area contributed by atoms with Gasteiger partial charge in [-0.3, -0.25) is 14.4 Å². The van der Waals surface area contributed by atoms with E-state index in [1.807, 2.05) is 18.2 Å². The van der Waals surface area contributed by atoms with Crippen molar-refractivity contribution in [2.75, 3.05) is 38.4 Å². The topological polar surface area (TPSA) is 69.7 Å². The Labute approximate surface area is 146 Å². The molecule has 2 unspecified atom stereocenters. The van der Waals surface area contributed by atoms with E-state index in [4.69, 9.17) is 11.6 Å². The molecule has 24 heavy (non-hydrogen) atoms. The van der Waals surface area contributed by atoms with Crippen LogP contribution < -0.4 is 5.32 Å². The molecule has 2 rings (SSSR count). The number of alkyl halides is 1. The summed E-state index contributed by atoms with van der Waals surface area (Å²) < 4.78 is 0. The maximum Gasteiger partial charge on any atom is 0.237 e. The Morgan fingerprint density at radius 1 is 1.25 bits per heavy atom. The van der Waals surface area contributed by atoms with Crippen LogP contribution in [0.15, 0.2) is 30.3 Å². The Balaban J connectivity index is 2.08. The van der Waals surface area contributed by atoms with Gasteiger partial charge in [-0.25, -0.2) is 0 Å². The summed E-state index contributed by atoms with van der Waals surface area (Å²) in [6, 6.07) is 8.49. The zero-order chi connectivity index (χ0) is 17.7. The molecule has 7 heteroatoms. The lowest BCUT2D eigenvalue weighted by atomic mass is 10.0. The summed E-state index contributed by atoms with van der Waals surface area (Å²) in [6.07, 6.45) is 0.309. The highest BCUT2D eigenvalue weighted by Gasteiger charge is 2.41.